The first-order valence-corrected chi connectivity index (χ1v) is 7.41. The maximum atomic E-state index is 5.15. The van der Waals surface area contributed by atoms with Crippen LogP contribution in [0.1, 0.15) is 0 Å². The molecule has 1 aromatic carbocycles. The monoisotopic (exact) mass is 356 g/mol. The van der Waals surface area contributed by atoms with Gasteiger partial charge in [-0.3, -0.25) is 0 Å². The van der Waals surface area contributed by atoms with Crippen LogP contribution in [-0.2, 0) is 0 Å². The number of pyridine rings is 1. The van der Waals surface area contributed by atoms with Gasteiger partial charge < -0.3 is 9.72 Å². The van der Waals surface area contributed by atoms with Crippen molar-refractivity contribution in [3.8, 4) is 17.0 Å². The van der Waals surface area contributed by atoms with Gasteiger partial charge in [0, 0.05) is 23.5 Å². The molecule has 0 fully saturated rings. The van der Waals surface area contributed by atoms with Crippen molar-refractivity contribution in [1.29, 1.82) is 0 Å². The minimum Gasteiger partial charge on any atom is -0.497 e. The fraction of sp³-hybridized carbons (Fsp3) is 0.0625. The molecule has 0 spiro atoms. The molecule has 0 bridgehead atoms. The maximum absolute atomic E-state index is 5.15. The molecule has 0 aliphatic carbocycles. The summed E-state index contributed by atoms with van der Waals surface area (Å²) in [4.78, 5) is 8.87. The molecule has 0 aliphatic rings. The predicted molar refractivity (Wildman–Crippen MR) is 86.8 cm³/mol. The minimum atomic E-state index is 0.522. The molecule has 0 amide bonds. The summed E-state index contributed by atoms with van der Waals surface area (Å²) in [7, 11) is 1.64. The number of benzene rings is 1. The molecule has 3 rings (SSSR count). The Morgan fingerprint density at radius 1 is 1.09 bits per heavy atom. The summed E-state index contributed by atoms with van der Waals surface area (Å²) in [6, 6.07) is 13.4. The smallest absolute Gasteiger partial charge is 0.182 e. The van der Waals surface area contributed by atoms with E-state index in [0.717, 1.165) is 17.0 Å². The number of aromatic nitrogens is 3. The summed E-state index contributed by atoms with van der Waals surface area (Å²) in [6.45, 7) is 0. The SMILES string of the molecule is COc1ccc(-c2cnc([N-][n+]3ccccc3)c(Br)n2)cc1. The van der Waals surface area contributed by atoms with Gasteiger partial charge in [-0.25, -0.2) is 4.98 Å². The van der Waals surface area contributed by atoms with Gasteiger partial charge in [0.2, 0.25) is 0 Å². The first-order valence-electron chi connectivity index (χ1n) is 6.61. The molecule has 110 valence electrons. The summed E-state index contributed by atoms with van der Waals surface area (Å²) in [5.41, 5.74) is 6.11. The summed E-state index contributed by atoms with van der Waals surface area (Å²) in [5.74, 6) is 1.33. The summed E-state index contributed by atoms with van der Waals surface area (Å²) in [6.07, 6.45) is 5.38. The molecule has 5 nitrogen and oxygen atoms in total. The van der Waals surface area contributed by atoms with E-state index in [9.17, 15) is 0 Å². The van der Waals surface area contributed by atoms with Gasteiger partial charge in [-0.15, -0.1) is 0 Å². The van der Waals surface area contributed by atoms with Gasteiger partial charge in [0.25, 0.3) is 0 Å². The van der Waals surface area contributed by atoms with E-state index >= 15 is 0 Å². The van der Waals surface area contributed by atoms with Crippen molar-refractivity contribution in [3.05, 3.63) is 71.1 Å². The van der Waals surface area contributed by atoms with E-state index in [0.29, 0.717) is 10.4 Å². The molecular formula is C16H13BrN4O. The van der Waals surface area contributed by atoms with E-state index in [1.165, 1.54) is 0 Å². The van der Waals surface area contributed by atoms with Crippen LogP contribution in [0.25, 0.3) is 16.7 Å². The third-order valence-electron chi connectivity index (χ3n) is 3.01. The zero-order chi connectivity index (χ0) is 15.4. The van der Waals surface area contributed by atoms with Gasteiger partial charge in [-0.1, -0.05) is 12.3 Å². The van der Waals surface area contributed by atoms with E-state index in [4.69, 9.17) is 4.74 Å². The molecule has 22 heavy (non-hydrogen) atoms. The van der Waals surface area contributed by atoms with Crippen molar-refractivity contribution >= 4 is 21.7 Å². The number of methoxy groups -OCH3 is 1. The van der Waals surface area contributed by atoms with Crippen molar-refractivity contribution < 1.29 is 9.41 Å². The van der Waals surface area contributed by atoms with E-state index in [-0.39, 0.29) is 0 Å². The van der Waals surface area contributed by atoms with Crippen molar-refractivity contribution in [2.45, 2.75) is 0 Å². The van der Waals surface area contributed by atoms with E-state index in [1.54, 1.807) is 18.0 Å². The Kier molecular flexibility index (Phi) is 4.29. The molecule has 0 atom stereocenters. The Morgan fingerprint density at radius 2 is 1.82 bits per heavy atom. The van der Waals surface area contributed by atoms with E-state index in [2.05, 4.69) is 31.3 Å². The van der Waals surface area contributed by atoms with Gasteiger partial charge in [0.1, 0.15) is 10.4 Å². The summed E-state index contributed by atoms with van der Waals surface area (Å²) >= 11 is 3.42. The quantitative estimate of drug-likeness (QED) is 0.670. The second-order valence-electron chi connectivity index (χ2n) is 4.45. The Labute approximate surface area is 136 Å². The average molecular weight is 357 g/mol. The Hall–Kier alpha value is -2.47. The molecule has 0 unspecified atom stereocenters. The molecule has 3 aromatic rings. The van der Waals surface area contributed by atoms with E-state index in [1.807, 2.05) is 54.9 Å². The molecule has 0 aliphatic heterocycles. The van der Waals surface area contributed by atoms with Crippen molar-refractivity contribution in [2.24, 2.45) is 0 Å². The zero-order valence-corrected chi connectivity index (χ0v) is 13.4. The molecule has 0 saturated heterocycles. The minimum absolute atomic E-state index is 0.522. The second kappa shape index (κ2) is 6.53. The van der Waals surface area contributed by atoms with Gasteiger partial charge in [-0.05, 0) is 40.2 Å². The fourth-order valence-corrected chi connectivity index (χ4v) is 2.27. The van der Waals surface area contributed by atoms with Crippen LogP contribution in [0.3, 0.4) is 0 Å². The van der Waals surface area contributed by atoms with Gasteiger partial charge >= 0.3 is 0 Å². The molecular weight excluding hydrogens is 344 g/mol. The Bertz CT molecular complexity index is 763. The first-order chi connectivity index (χ1) is 10.8. The van der Waals surface area contributed by atoms with Gasteiger partial charge in [0.15, 0.2) is 12.4 Å². The van der Waals surface area contributed by atoms with E-state index < -0.39 is 0 Å². The van der Waals surface area contributed by atoms with Crippen molar-refractivity contribution in [3.63, 3.8) is 0 Å². The first kappa shape index (κ1) is 14.5. The summed E-state index contributed by atoms with van der Waals surface area (Å²) in [5, 5.41) is 0. The number of rotatable bonds is 4. The lowest BCUT2D eigenvalue weighted by Gasteiger charge is -2.12. The van der Waals surface area contributed by atoms with Crippen LogP contribution in [0.2, 0.25) is 0 Å². The topological polar surface area (TPSA) is 53.0 Å². The maximum Gasteiger partial charge on any atom is 0.182 e. The van der Waals surface area contributed by atoms with Gasteiger partial charge in [-0.2, -0.15) is 10.1 Å². The third kappa shape index (κ3) is 3.23. The molecule has 2 heterocycles. The molecule has 0 saturated carbocycles. The number of nitrogens with zero attached hydrogens (tertiary/aromatic N) is 4. The number of ether oxygens (including phenoxy) is 1. The average Bonchev–Trinajstić information content (AvgIpc) is 2.58. The highest BCUT2D eigenvalue weighted by molar-refractivity contribution is 9.10. The number of hydrogen-bond acceptors (Lipinski definition) is 3. The molecule has 0 N–H and O–H groups in total. The number of hydrogen-bond donors (Lipinski definition) is 0. The summed E-state index contributed by atoms with van der Waals surface area (Å²) < 4.78 is 7.43. The highest BCUT2D eigenvalue weighted by Crippen LogP contribution is 2.27. The highest BCUT2D eigenvalue weighted by atomic mass is 79.9. The van der Waals surface area contributed by atoms with Crippen LogP contribution in [-0.4, -0.2) is 17.1 Å². The molecule has 6 heteroatoms. The van der Waals surface area contributed by atoms with Crippen LogP contribution in [0.5, 0.6) is 5.75 Å². The Morgan fingerprint density at radius 3 is 2.45 bits per heavy atom. The highest BCUT2D eigenvalue weighted by Gasteiger charge is 2.04. The normalized spacial score (nSPS) is 10.3. The largest absolute Gasteiger partial charge is 0.497 e. The van der Waals surface area contributed by atoms with Crippen LogP contribution in [0.4, 0.5) is 5.82 Å². The standard InChI is InChI=1S/C16H13BrN4O/c1-22-13-7-5-12(6-8-13)14-11-18-16(15(17)19-14)20-21-9-3-2-4-10-21/h2-11H,1H3. The number of halogens is 1. The predicted octanol–water partition coefficient (Wildman–Crippen LogP) is 3.67. The molecule has 0 radical (unpaired) electrons. The van der Waals surface area contributed by atoms with Crippen LogP contribution in [0.15, 0.2) is 65.7 Å². The lowest BCUT2D eigenvalue weighted by Crippen LogP contribution is -2.26. The fourth-order valence-electron chi connectivity index (χ4n) is 1.89. The van der Waals surface area contributed by atoms with Crippen LogP contribution in [0, 0.1) is 0 Å². The lowest BCUT2D eigenvalue weighted by atomic mass is 10.1. The Balaban J connectivity index is 1.85. The van der Waals surface area contributed by atoms with Crippen LogP contribution < -0.4 is 9.41 Å². The van der Waals surface area contributed by atoms with Gasteiger partial charge in [0.05, 0.1) is 12.8 Å². The third-order valence-corrected chi connectivity index (χ3v) is 3.54. The lowest BCUT2D eigenvalue weighted by molar-refractivity contribution is -0.619. The second-order valence-corrected chi connectivity index (χ2v) is 5.20. The van der Waals surface area contributed by atoms with Crippen LogP contribution >= 0.6 is 15.9 Å². The van der Waals surface area contributed by atoms with Crippen molar-refractivity contribution in [1.82, 2.24) is 9.97 Å². The molecule has 2 aromatic heterocycles. The zero-order valence-electron chi connectivity index (χ0n) is 11.8. The van der Waals surface area contributed by atoms with Crippen molar-refractivity contribution in [2.75, 3.05) is 7.11 Å².